The molecule has 7 heteroatoms. The summed E-state index contributed by atoms with van der Waals surface area (Å²) in [7, 11) is 1.32. The molecule has 0 bridgehead atoms. The Labute approximate surface area is 163 Å². The molecule has 1 spiro atoms. The van der Waals surface area contributed by atoms with Crippen LogP contribution in [0.25, 0.3) is 0 Å². The minimum Gasteiger partial charge on any atom is -0.497 e. The first-order valence-electron chi connectivity index (χ1n) is 9.84. The number of halogens is 3. The second-order valence-electron chi connectivity index (χ2n) is 8.41. The largest absolute Gasteiger partial charge is 0.497 e. The highest BCUT2D eigenvalue weighted by molar-refractivity contribution is 5.87. The number of rotatable bonds is 3. The Morgan fingerprint density at radius 3 is 2.32 bits per heavy atom. The summed E-state index contributed by atoms with van der Waals surface area (Å²) in [6.45, 7) is 2.72. The molecule has 1 saturated heterocycles. The van der Waals surface area contributed by atoms with Crippen molar-refractivity contribution in [1.29, 1.82) is 0 Å². The van der Waals surface area contributed by atoms with E-state index in [1.807, 2.05) is 0 Å². The highest BCUT2D eigenvalue weighted by Crippen LogP contribution is 2.48. The predicted molar refractivity (Wildman–Crippen MR) is 98.8 cm³/mol. The van der Waals surface area contributed by atoms with Crippen LogP contribution < -0.4 is 4.74 Å². The molecular formula is C21H28F3NO3. The minimum absolute atomic E-state index is 0.135. The molecule has 1 aliphatic heterocycles. The molecular weight excluding hydrogens is 371 g/mol. The second-order valence-corrected chi connectivity index (χ2v) is 8.41. The van der Waals surface area contributed by atoms with Gasteiger partial charge in [0.25, 0.3) is 11.5 Å². The van der Waals surface area contributed by atoms with Crippen molar-refractivity contribution in [2.24, 2.45) is 11.3 Å². The van der Waals surface area contributed by atoms with Gasteiger partial charge in [-0.1, -0.05) is 31.9 Å². The van der Waals surface area contributed by atoms with Crippen molar-refractivity contribution in [3.05, 3.63) is 29.8 Å². The monoisotopic (exact) mass is 399 g/mol. The van der Waals surface area contributed by atoms with Crippen LogP contribution in [-0.4, -0.2) is 42.3 Å². The van der Waals surface area contributed by atoms with Crippen LogP contribution in [0.4, 0.5) is 13.2 Å². The maximum Gasteiger partial charge on any atom is 0.430 e. The van der Waals surface area contributed by atoms with Crippen LogP contribution in [-0.2, 0) is 10.4 Å². The number of methoxy groups -OCH3 is 1. The summed E-state index contributed by atoms with van der Waals surface area (Å²) >= 11 is 0. The van der Waals surface area contributed by atoms with Crippen molar-refractivity contribution in [2.45, 2.75) is 57.2 Å². The van der Waals surface area contributed by atoms with E-state index < -0.39 is 23.2 Å². The van der Waals surface area contributed by atoms with Gasteiger partial charge in [0, 0.05) is 18.7 Å². The van der Waals surface area contributed by atoms with Gasteiger partial charge in [0.2, 0.25) is 0 Å². The number of carbonyl (C=O) groups is 1. The number of benzene rings is 1. The van der Waals surface area contributed by atoms with E-state index in [4.69, 9.17) is 4.74 Å². The number of piperidine rings is 1. The summed E-state index contributed by atoms with van der Waals surface area (Å²) in [5, 5.41) is 10.6. The van der Waals surface area contributed by atoms with Gasteiger partial charge in [-0.15, -0.1) is 0 Å². The van der Waals surface area contributed by atoms with Gasteiger partial charge in [-0.05, 0) is 49.1 Å². The molecule has 156 valence electrons. The van der Waals surface area contributed by atoms with E-state index in [0.717, 1.165) is 37.8 Å². The average molecular weight is 399 g/mol. The van der Waals surface area contributed by atoms with Crippen molar-refractivity contribution in [1.82, 2.24) is 4.90 Å². The van der Waals surface area contributed by atoms with Crippen molar-refractivity contribution < 1.29 is 27.8 Å². The van der Waals surface area contributed by atoms with Gasteiger partial charge in [-0.3, -0.25) is 4.79 Å². The predicted octanol–water partition coefficient (Wildman–Crippen LogP) is 4.26. The SMILES string of the molecule is COc1cccc([C@@](O)(C(=O)N2CCC3(CCC(C)CC3)CC2)C(F)(F)F)c1. The Balaban J connectivity index is 1.81. The lowest BCUT2D eigenvalue weighted by atomic mass is 9.65. The van der Waals surface area contributed by atoms with Crippen molar-refractivity contribution in [3.63, 3.8) is 0 Å². The molecule has 2 aliphatic rings. The van der Waals surface area contributed by atoms with Gasteiger partial charge < -0.3 is 14.7 Å². The Bertz CT molecular complexity index is 703. The summed E-state index contributed by atoms with van der Waals surface area (Å²) in [6, 6.07) is 4.99. The molecule has 4 nitrogen and oxygen atoms in total. The third-order valence-electron chi connectivity index (χ3n) is 6.65. The molecule has 2 fully saturated rings. The van der Waals surface area contributed by atoms with Gasteiger partial charge >= 0.3 is 6.18 Å². The van der Waals surface area contributed by atoms with Gasteiger partial charge in [0.05, 0.1) is 7.11 Å². The van der Waals surface area contributed by atoms with Gasteiger partial charge in [-0.2, -0.15) is 13.2 Å². The number of aliphatic hydroxyl groups is 1. The van der Waals surface area contributed by atoms with Crippen LogP contribution in [0.5, 0.6) is 5.75 Å². The Kier molecular flexibility index (Phi) is 5.67. The van der Waals surface area contributed by atoms with Crippen LogP contribution >= 0.6 is 0 Å². The van der Waals surface area contributed by atoms with E-state index in [2.05, 4.69) is 6.92 Å². The maximum atomic E-state index is 13.9. The summed E-state index contributed by atoms with van der Waals surface area (Å²) in [5.74, 6) is -0.456. The third kappa shape index (κ3) is 3.73. The molecule has 1 aromatic carbocycles. The summed E-state index contributed by atoms with van der Waals surface area (Å²) in [6.07, 6.45) is 0.639. The zero-order valence-electron chi connectivity index (χ0n) is 16.4. The molecule has 1 atom stereocenters. The summed E-state index contributed by atoms with van der Waals surface area (Å²) < 4.78 is 46.6. The first kappa shape index (κ1) is 21.0. The number of amides is 1. The number of likely N-dealkylation sites (tertiary alicyclic amines) is 1. The van der Waals surface area contributed by atoms with Crippen molar-refractivity contribution in [2.75, 3.05) is 20.2 Å². The number of hydrogen-bond donors (Lipinski definition) is 1. The van der Waals surface area contributed by atoms with Crippen LogP contribution in [0, 0.1) is 11.3 Å². The van der Waals surface area contributed by atoms with E-state index in [-0.39, 0.29) is 24.3 Å². The number of ether oxygens (including phenoxy) is 1. The van der Waals surface area contributed by atoms with E-state index >= 15 is 0 Å². The van der Waals surface area contributed by atoms with Crippen LogP contribution in [0.15, 0.2) is 24.3 Å². The average Bonchev–Trinajstić information content (AvgIpc) is 2.69. The topological polar surface area (TPSA) is 49.8 Å². The number of alkyl halides is 3. The third-order valence-corrected chi connectivity index (χ3v) is 6.65. The number of hydrogen-bond acceptors (Lipinski definition) is 3. The fourth-order valence-corrected chi connectivity index (χ4v) is 4.54. The molecule has 1 aliphatic carbocycles. The van der Waals surface area contributed by atoms with E-state index in [0.29, 0.717) is 18.8 Å². The molecule has 1 heterocycles. The number of carbonyl (C=O) groups excluding carboxylic acids is 1. The molecule has 28 heavy (non-hydrogen) atoms. The fourth-order valence-electron chi connectivity index (χ4n) is 4.54. The molecule has 0 aromatic heterocycles. The second kappa shape index (κ2) is 7.58. The standard InChI is InChI=1S/C21H28F3NO3/c1-15-6-8-19(9-7-15)10-12-25(13-11-19)18(26)20(27,21(22,23)24)16-4-3-5-17(14-16)28-2/h3-5,14-15,27H,6-13H2,1-2H3/t20-/m1/s1. The van der Waals surface area contributed by atoms with Crippen molar-refractivity contribution in [3.8, 4) is 5.75 Å². The maximum absolute atomic E-state index is 13.9. The molecule has 0 radical (unpaired) electrons. The van der Waals surface area contributed by atoms with Crippen molar-refractivity contribution >= 4 is 5.91 Å². The van der Waals surface area contributed by atoms with Gasteiger partial charge in [-0.25, -0.2) is 0 Å². The zero-order chi connectivity index (χ0) is 20.6. The molecule has 1 aromatic rings. The van der Waals surface area contributed by atoms with Crippen LogP contribution in [0.1, 0.15) is 51.0 Å². The fraction of sp³-hybridized carbons (Fsp3) is 0.667. The summed E-state index contributed by atoms with van der Waals surface area (Å²) in [5.41, 5.74) is -3.96. The minimum atomic E-state index is -5.13. The van der Waals surface area contributed by atoms with Crippen LogP contribution in [0.3, 0.4) is 0 Å². The summed E-state index contributed by atoms with van der Waals surface area (Å²) in [4.78, 5) is 14.1. The highest BCUT2D eigenvalue weighted by atomic mass is 19.4. The molecule has 1 amide bonds. The van der Waals surface area contributed by atoms with Crippen LogP contribution in [0.2, 0.25) is 0 Å². The molecule has 1 saturated carbocycles. The normalized spacial score (nSPS) is 22.7. The first-order valence-corrected chi connectivity index (χ1v) is 9.84. The Morgan fingerprint density at radius 1 is 1.18 bits per heavy atom. The molecule has 1 N–H and O–H groups in total. The highest BCUT2D eigenvalue weighted by Gasteiger charge is 2.62. The molecule has 3 rings (SSSR count). The lowest BCUT2D eigenvalue weighted by molar-refractivity contribution is -0.262. The van der Waals surface area contributed by atoms with Gasteiger partial charge in [0.15, 0.2) is 0 Å². The first-order chi connectivity index (χ1) is 13.1. The van der Waals surface area contributed by atoms with E-state index in [1.54, 1.807) is 0 Å². The lowest BCUT2D eigenvalue weighted by Crippen LogP contribution is -2.58. The lowest BCUT2D eigenvalue weighted by Gasteiger charge is -2.47. The van der Waals surface area contributed by atoms with Gasteiger partial charge in [0.1, 0.15) is 5.75 Å². The van der Waals surface area contributed by atoms with E-state index in [9.17, 15) is 23.1 Å². The Hall–Kier alpha value is -1.76. The molecule has 0 unspecified atom stereocenters. The quantitative estimate of drug-likeness (QED) is 0.826. The zero-order valence-corrected chi connectivity index (χ0v) is 16.4. The Morgan fingerprint density at radius 2 is 1.79 bits per heavy atom. The number of nitrogens with zero attached hydrogens (tertiary/aromatic N) is 1. The van der Waals surface area contributed by atoms with E-state index in [1.165, 1.54) is 24.1 Å². The smallest absolute Gasteiger partial charge is 0.430 e.